The maximum atomic E-state index is 13.2. The number of hydrogen-bond donors (Lipinski definition) is 4. The minimum atomic E-state index is -0.619. The Labute approximate surface area is 144 Å². The van der Waals surface area contributed by atoms with Crippen molar-refractivity contribution in [2.24, 2.45) is 5.73 Å². The molecule has 0 bridgehead atoms. The fraction of sp³-hybridized carbons (Fsp3) is 0.176. The SMILES string of the molecule is COc1ccc(C(=O)NCCN)c(NC(=O)Nc2cccc(F)c2)c1. The molecule has 3 amide bonds. The van der Waals surface area contributed by atoms with Gasteiger partial charge in [-0.25, -0.2) is 9.18 Å². The predicted molar refractivity (Wildman–Crippen MR) is 93.4 cm³/mol. The molecule has 0 radical (unpaired) electrons. The van der Waals surface area contributed by atoms with Crippen molar-refractivity contribution < 1.29 is 18.7 Å². The molecule has 0 unspecified atom stereocenters. The molecular formula is C17H19FN4O3. The fourth-order valence-electron chi connectivity index (χ4n) is 2.08. The summed E-state index contributed by atoms with van der Waals surface area (Å²) in [7, 11) is 1.47. The van der Waals surface area contributed by atoms with Crippen molar-refractivity contribution in [1.82, 2.24) is 5.32 Å². The quantitative estimate of drug-likeness (QED) is 0.643. The van der Waals surface area contributed by atoms with E-state index < -0.39 is 11.8 Å². The fourth-order valence-corrected chi connectivity index (χ4v) is 2.08. The highest BCUT2D eigenvalue weighted by molar-refractivity contribution is 6.06. The van der Waals surface area contributed by atoms with Crippen LogP contribution in [-0.2, 0) is 0 Å². The van der Waals surface area contributed by atoms with Crippen LogP contribution in [-0.4, -0.2) is 32.1 Å². The van der Waals surface area contributed by atoms with Gasteiger partial charge in [0, 0.05) is 24.8 Å². The molecule has 0 atom stereocenters. The second-order valence-corrected chi connectivity index (χ2v) is 5.05. The summed E-state index contributed by atoms with van der Waals surface area (Å²) >= 11 is 0. The summed E-state index contributed by atoms with van der Waals surface area (Å²) < 4.78 is 18.3. The number of carbonyl (C=O) groups is 2. The Morgan fingerprint density at radius 3 is 2.64 bits per heavy atom. The second-order valence-electron chi connectivity index (χ2n) is 5.05. The van der Waals surface area contributed by atoms with Crippen molar-refractivity contribution in [2.45, 2.75) is 0 Å². The zero-order valence-electron chi connectivity index (χ0n) is 13.6. The van der Waals surface area contributed by atoms with Crippen LogP contribution in [0.2, 0.25) is 0 Å². The molecule has 0 fully saturated rings. The Bertz CT molecular complexity index is 767. The summed E-state index contributed by atoms with van der Waals surface area (Å²) in [4.78, 5) is 24.3. The third-order valence-electron chi connectivity index (χ3n) is 3.23. The molecule has 0 aliphatic rings. The molecule has 2 aromatic carbocycles. The van der Waals surface area contributed by atoms with Crippen LogP contribution in [0.1, 0.15) is 10.4 Å². The van der Waals surface area contributed by atoms with E-state index in [1.54, 1.807) is 12.1 Å². The molecule has 0 aliphatic carbocycles. The van der Waals surface area contributed by atoms with E-state index in [1.807, 2.05) is 0 Å². The number of urea groups is 1. The van der Waals surface area contributed by atoms with Gasteiger partial charge in [-0.15, -0.1) is 0 Å². The Kier molecular flexibility index (Phi) is 6.30. The molecule has 0 heterocycles. The lowest BCUT2D eigenvalue weighted by molar-refractivity contribution is 0.0955. The molecule has 5 N–H and O–H groups in total. The van der Waals surface area contributed by atoms with E-state index in [1.165, 1.54) is 37.4 Å². The molecule has 8 heteroatoms. The van der Waals surface area contributed by atoms with Gasteiger partial charge in [-0.1, -0.05) is 6.07 Å². The van der Waals surface area contributed by atoms with Crippen molar-refractivity contribution in [3.8, 4) is 5.75 Å². The summed E-state index contributed by atoms with van der Waals surface area (Å²) in [6.07, 6.45) is 0. The van der Waals surface area contributed by atoms with Gasteiger partial charge in [-0.2, -0.15) is 0 Å². The highest BCUT2D eigenvalue weighted by Crippen LogP contribution is 2.23. The van der Waals surface area contributed by atoms with Crippen LogP contribution in [0.25, 0.3) is 0 Å². The average molecular weight is 346 g/mol. The van der Waals surface area contributed by atoms with E-state index in [9.17, 15) is 14.0 Å². The molecule has 25 heavy (non-hydrogen) atoms. The van der Waals surface area contributed by atoms with Gasteiger partial charge in [0.25, 0.3) is 5.91 Å². The number of halogens is 1. The molecule has 0 spiro atoms. The van der Waals surface area contributed by atoms with Gasteiger partial charge in [0.1, 0.15) is 11.6 Å². The summed E-state index contributed by atoms with van der Waals surface area (Å²) in [5, 5.41) is 7.69. The molecule has 0 aliphatic heterocycles. The minimum Gasteiger partial charge on any atom is -0.497 e. The number of hydrogen-bond acceptors (Lipinski definition) is 4. The minimum absolute atomic E-state index is 0.253. The summed E-state index contributed by atoms with van der Waals surface area (Å²) in [6.45, 7) is 0.602. The van der Waals surface area contributed by atoms with Gasteiger partial charge in [0.05, 0.1) is 18.4 Å². The van der Waals surface area contributed by atoms with E-state index in [4.69, 9.17) is 10.5 Å². The zero-order chi connectivity index (χ0) is 18.2. The van der Waals surface area contributed by atoms with Crippen LogP contribution < -0.4 is 26.4 Å². The van der Waals surface area contributed by atoms with Crippen molar-refractivity contribution in [3.63, 3.8) is 0 Å². The normalized spacial score (nSPS) is 10.0. The molecule has 7 nitrogen and oxygen atoms in total. The average Bonchev–Trinajstić information content (AvgIpc) is 2.59. The maximum absolute atomic E-state index is 13.2. The van der Waals surface area contributed by atoms with Gasteiger partial charge in [0.2, 0.25) is 0 Å². The third kappa shape index (κ3) is 5.18. The lowest BCUT2D eigenvalue weighted by atomic mass is 10.1. The Morgan fingerprint density at radius 2 is 1.96 bits per heavy atom. The first-order chi connectivity index (χ1) is 12.0. The monoisotopic (exact) mass is 346 g/mol. The van der Waals surface area contributed by atoms with Gasteiger partial charge >= 0.3 is 6.03 Å². The molecule has 0 aromatic heterocycles. The first-order valence-electron chi connectivity index (χ1n) is 7.53. The number of nitrogens with two attached hydrogens (primary N) is 1. The van der Waals surface area contributed by atoms with Gasteiger partial charge < -0.3 is 26.4 Å². The predicted octanol–water partition coefficient (Wildman–Crippen LogP) is 2.17. The van der Waals surface area contributed by atoms with Crippen molar-refractivity contribution in [3.05, 3.63) is 53.8 Å². The maximum Gasteiger partial charge on any atom is 0.323 e. The van der Waals surface area contributed by atoms with Crippen molar-refractivity contribution >= 4 is 23.3 Å². The number of amides is 3. The number of methoxy groups -OCH3 is 1. The van der Waals surface area contributed by atoms with E-state index >= 15 is 0 Å². The van der Waals surface area contributed by atoms with Crippen LogP contribution in [0.5, 0.6) is 5.75 Å². The summed E-state index contributed by atoms with van der Waals surface area (Å²) in [6, 6.07) is 9.50. The number of anilines is 2. The Balaban J connectivity index is 2.18. The molecule has 0 saturated heterocycles. The highest BCUT2D eigenvalue weighted by Gasteiger charge is 2.14. The molecule has 2 aromatic rings. The smallest absolute Gasteiger partial charge is 0.323 e. The van der Waals surface area contributed by atoms with Gasteiger partial charge in [-0.3, -0.25) is 4.79 Å². The van der Waals surface area contributed by atoms with E-state index in [2.05, 4.69) is 16.0 Å². The molecule has 132 valence electrons. The lowest BCUT2D eigenvalue weighted by Gasteiger charge is -2.13. The van der Waals surface area contributed by atoms with Crippen LogP contribution in [0.4, 0.5) is 20.6 Å². The van der Waals surface area contributed by atoms with E-state index in [0.29, 0.717) is 18.8 Å². The van der Waals surface area contributed by atoms with Crippen LogP contribution >= 0.6 is 0 Å². The number of rotatable bonds is 6. The third-order valence-corrected chi connectivity index (χ3v) is 3.23. The zero-order valence-corrected chi connectivity index (χ0v) is 13.6. The van der Waals surface area contributed by atoms with Crippen LogP contribution in [0, 0.1) is 5.82 Å². The topological polar surface area (TPSA) is 105 Å². The first-order valence-corrected chi connectivity index (χ1v) is 7.53. The first kappa shape index (κ1) is 18.2. The number of ether oxygens (including phenoxy) is 1. The molecule has 2 rings (SSSR count). The van der Waals surface area contributed by atoms with Crippen LogP contribution in [0.3, 0.4) is 0 Å². The van der Waals surface area contributed by atoms with Crippen molar-refractivity contribution in [1.29, 1.82) is 0 Å². The number of benzene rings is 2. The molecular weight excluding hydrogens is 327 g/mol. The largest absolute Gasteiger partial charge is 0.497 e. The number of nitrogens with one attached hydrogen (secondary N) is 3. The second kappa shape index (κ2) is 8.65. The van der Waals surface area contributed by atoms with Crippen LogP contribution in [0.15, 0.2) is 42.5 Å². The summed E-state index contributed by atoms with van der Waals surface area (Å²) in [5.41, 5.74) is 6.16. The van der Waals surface area contributed by atoms with Gasteiger partial charge in [0.15, 0.2) is 0 Å². The van der Waals surface area contributed by atoms with Gasteiger partial charge in [-0.05, 0) is 30.3 Å². The lowest BCUT2D eigenvalue weighted by Crippen LogP contribution is -2.30. The molecule has 0 saturated carbocycles. The Hall–Kier alpha value is -3.13. The Morgan fingerprint density at radius 1 is 1.16 bits per heavy atom. The number of carbonyl (C=O) groups excluding carboxylic acids is 2. The summed E-state index contributed by atoms with van der Waals surface area (Å²) in [5.74, 6) is -0.383. The standard InChI is InChI=1S/C17H19FN4O3/c1-25-13-5-6-14(16(23)20-8-7-19)15(10-13)22-17(24)21-12-4-2-3-11(18)9-12/h2-6,9-10H,7-8,19H2,1H3,(H,20,23)(H2,21,22,24). The van der Waals surface area contributed by atoms with E-state index in [-0.39, 0.29) is 22.8 Å². The van der Waals surface area contributed by atoms with E-state index in [0.717, 1.165) is 0 Å². The van der Waals surface area contributed by atoms with Crippen molar-refractivity contribution in [2.75, 3.05) is 30.8 Å². The highest BCUT2D eigenvalue weighted by atomic mass is 19.1.